The molecule has 0 radical (unpaired) electrons. The van der Waals surface area contributed by atoms with Gasteiger partial charge in [-0.25, -0.2) is 13.6 Å². The Morgan fingerprint density at radius 1 is 1.12 bits per heavy atom. The smallest absolute Gasteiger partial charge is 0.351 e. The maximum absolute atomic E-state index is 14.5. The molecule has 1 heterocycles. The van der Waals surface area contributed by atoms with Crippen molar-refractivity contribution in [1.82, 2.24) is 14.9 Å². The summed E-state index contributed by atoms with van der Waals surface area (Å²) >= 11 is 5.68. The molecule has 32 heavy (non-hydrogen) atoms. The lowest BCUT2D eigenvalue weighted by atomic mass is 10.1. The highest BCUT2D eigenvalue weighted by Crippen LogP contribution is 2.20. The van der Waals surface area contributed by atoms with Crippen LogP contribution in [0.25, 0.3) is 0 Å². The molecule has 0 saturated heterocycles. The van der Waals surface area contributed by atoms with Gasteiger partial charge in [0.05, 0.1) is 11.2 Å². The summed E-state index contributed by atoms with van der Waals surface area (Å²) in [6, 6.07) is 9.79. The predicted molar refractivity (Wildman–Crippen MR) is 116 cm³/mol. The van der Waals surface area contributed by atoms with Crippen LogP contribution in [0.15, 0.2) is 53.5 Å². The van der Waals surface area contributed by atoms with E-state index in [1.165, 1.54) is 18.2 Å². The van der Waals surface area contributed by atoms with Gasteiger partial charge >= 0.3 is 5.69 Å². The second kappa shape index (κ2) is 9.69. The summed E-state index contributed by atoms with van der Waals surface area (Å²) in [5.41, 5.74) is -0.153. The molecule has 0 saturated carbocycles. The zero-order valence-electron chi connectivity index (χ0n) is 17.2. The highest BCUT2D eigenvalue weighted by Gasteiger charge is 2.27. The number of ketones is 1. The Balaban J connectivity index is 2.07. The molecule has 2 aromatic carbocycles. The first kappa shape index (κ1) is 23.1. The summed E-state index contributed by atoms with van der Waals surface area (Å²) in [6.07, 6.45) is -0.924. The van der Waals surface area contributed by atoms with E-state index in [2.05, 4.69) is 15.6 Å². The van der Waals surface area contributed by atoms with Crippen molar-refractivity contribution >= 4 is 29.1 Å². The van der Waals surface area contributed by atoms with Crippen molar-refractivity contribution < 1.29 is 18.4 Å². The molecule has 1 unspecified atom stereocenters. The average molecular weight is 461 g/mol. The minimum Gasteiger partial charge on any atom is -0.368 e. The topological polar surface area (TPSA) is 93.1 Å². The SMILES string of the molecule is CCNc1nc(=O)n(C(NC(=O)c2cccc(C)c2)C(=O)c2ccc(Cl)c(F)c2)cc1F. The van der Waals surface area contributed by atoms with E-state index in [-0.39, 0.29) is 22.0 Å². The molecule has 0 aliphatic carbocycles. The lowest BCUT2D eigenvalue weighted by Gasteiger charge is -2.21. The van der Waals surface area contributed by atoms with E-state index < -0.39 is 35.2 Å². The quantitative estimate of drug-likeness (QED) is 0.524. The number of anilines is 1. The number of nitrogens with zero attached hydrogens (tertiary/aromatic N) is 2. The number of Topliss-reactive ketones (excluding diaryl/α,β-unsaturated/α-hetero) is 1. The summed E-state index contributed by atoms with van der Waals surface area (Å²) in [4.78, 5) is 42.2. The Morgan fingerprint density at radius 3 is 2.53 bits per heavy atom. The Hall–Kier alpha value is -3.59. The van der Waals surface area contributed by atoms with Gasteiger partial charge in [0, 0.05) is 17.7 Å². The number of aromatic nitrogens is 2. The summed E-state index contributed by atoms with van der Waals surface area (Å²) in [5.74, 6) is -3.61. The van der Waals surface area contributed by atoms with E-state index >= 15 is 0 Å². The summed E-state index contributed by atoms with van der Waals surface area (Å²) in [6.45, 7) is 3.78. The van der Waals surface area contributed by atoms with E-state index in [9.17, 15) is 23.2 Å². The second-order valence-corrected chi connectivity index (χ2v) is 7.30. The third-order valence-electron chi connectivity index (χ3n) is 4.53. The largest absolute Gasteiger partial charge is 0.368 e. The average Bonchev–Trinajstić information content (AvgIpc) is 2.76. The highest BCUT2D eigenvalue weighted by molar-refractivity contribution is 6.30. The number of hydrogen-bond donors (Lipinski definition) is 2. The first-order valence-corrected chi connectivity index (χ1v) is 9.98. The zero-order valence-corrected chi connectivity index (χ0v) is 17.9. The van der Waals surface area contributed by atoms with Crippen LogP contribution in [0, 0.1) is 18.6 Å². The van der Waals surface area contributed by atoms with Gasteiger partial charge in [0.2, 0.25) is 5.78 Å². The Morgan fingerprint density at radius 2 is 1.88 bits per heavy atom. The Bertz CT molecular complexity index is 1250. The Labute approximate surface area is 187 Å². The number of nitrogens with one attached hydrogen (secondary N) is 2. The van der Waals surface area contributed by atoms with Gasteiger partial charge in [-0.2, -0.15) is 4.98 Å². The van der Waals surface area contributed by atoms with Crippen molar-refractivity contribution in [3.8, 4) is 0 Å². The molecule has 0 spiro atoms. The fourth-order valence-corrected chi connectivity index (χ4v) is 3.10. The van der Waals surface area contributed by atoms with Gasteiger partial charge in [0.25, 0.3) is 5.91 Å². The van der Waals surface area contributed by atoms with Crippen molar-refractivity contribution in [3.05, 3.63) is 92.5 Å². The van der Waals surface area contributed by atoms with Crippen LogP contribution in [-0.2, 0) is 0 Å². The molecule has 0 aliphatic rings. The molecule has 1 atom stereocenters. The molecular formula is C22H19ClF2N4O3. The van der Waals surface area contributed by atoms with Crippen molar-refractivity contribution in [2.75, 3.05) is 11.9 Å². The van der Waals surface area contributed by atoms with Gasteiger partial charge in [0.15, 0.2) is 17.8 Å². The molecule has 3 aromatic rings. The van der Waals surface area contributed by atoms with Crippen LogP contribution < -0.4 is 16.3 Å². The fourth-order valence-electron chi connectivity index (χ4n) is 2.98. The molecule has 10 heteroatoms. The molecule has 166 valence electrons. The van der Waals surface area contributed by atoms with Gasteiger partial charge in [-0.1, -0.05) is 29.3 Å². The van der Waals surface area contributed by atoms with Crippen LogP contribution >= 0.6 is 11.6 Å². The van der Waals surface area contributed by atoms with E-state index in [0.717, 1.165) is 17.8 Å². The van der Waals surface area contributed by atoms with Crippen LogP contribution in [0.1, 0.15) is 39.4 Å². The maximum atomic E-state index is 14.5. The summed E-state index contributed by atoms with van der Waals surface area (Å²) in [5, 5.41) is 4.81. The van der Waals surface area contributed by atoms with Crippen LogP contribution in [0.3, 0.4) is 0 Å². The lowest BCUT2D eigenvalue weighted by molar-refractivity contribution is 0.0811. The molecule has 0 fully saturated rings. The lowest BCUT2D eigenvalue weighted by Crippen LogP contribution is -2.43. The van der Waals surface area contributed by atoms with E-state index in [0.29, 0.717) is 11.1 Å². The number of carbonyl (C=O) groups is 2. The minimum absolute atomic E-state index is 0.176. The van der Waals surface area contributed by atoms with Crippen molar-refractivity contribution in [2.45, 2.75) is 20.0 Å². The van der Waals surface area contributed by atoms with Gasteiger partial charge < -0.3 is 10.6 Å². The van der Waals surface area contributed by atoms with Crippen LogP contribution in [0.4, 0.5) is 14.6 Å². The van der Waals surface area contributed by atoms with Gasteiger partial charge in [0.1, 0.15) is 5.82 Å². The molecule has 2 N–H and O–H groups in total. The van der Waals surface area contributed by atoms with Crippen LogP contribution in [0.5, 0.6) is 0 Å². The number of hydrogen-bond acceptors (Lipinski definition) is 5. The molecule has 3 rings (SSSR count). The van der Waals surface area contributed by atoms with E-state index in [1.54, 1.807) is 32.0 Å². The number of carbonyl (C=O) groups excluding carboxylic acids is 2. The van der Waals surface area contributed by atoms with Crippen molar-refractivity contribution in [3.63, 3.8) is 0 Å². The van der Waals surface area contributed by atoms with Crippen molar-refractivity contribution in [2.24, 2.45) is 0 Å². The molecule has 0 bridgehead atoms. The standard InChI is InChI=1S/C22H19ClF2N4O3/c1-3-26-19-17(25)11-29(22(32)27-19)20(18(30)13-7-8-15(23)16(24)10-13)28-21(31)14-6-4-5-12(2)9-14/h4-11,20H,3H2,1-2H3,(H,28,31)(H,26,27,32). The maximum Gasteiger partial charge on any atom is 0.351 e. The fraction of sp³-hybridized carbons (Fsp3) is 0.182. The number of benzene rings is 2. The van der Waals surface area contributed by atoms with Gasteiger partial charge in [-0.15, -0.1) is 0 Å². The molecule has 1 aromatic heterocycles. The molecule has 0 aliphatic heterocycles. The van der Waals surface area contributed by atoms with Gasteiger partial charge in [-0.05, 0) is 44.2 Å². The third-order valence-corrected chi connectivity index (χ3v) is 4.84. The predicted octanol–water partition coefficient (Wildman–Crippen LogP) is 3.73. The molecule has 1 amide bonds. The van der Waals surface area contributed by atoms with Crippen molar-refractivity contribution in [1.29, 1.82) is 0 Å². The monoisotopic (exact) mass is 460 g/mol. The summed E-state index contributed by atoms with van der Waals surface area (Å²) < 4.78 is 29.1. The second-order valence-electron chi connectivity index (χ2n) is 6.90. The first-order valence-electron chi connectivity index (χ1n) is 9.60. The minimum atomic E-state index is -1.69. The Kier molecular flexibility index (Phi) is 6.99. The molecule has 7 nitrogen and oxygen atoms in total. The molecular weight excluding hydrogens is 442 g/mol. The van der Waals surface area contributed by atoms with E-state index in [4.69, 9.17) is 11.6 Å². The highest BCUT2D eigenvalue weighted by atomic mass is 35.5. The number of halogens is 3. The normalized spacial score (nSPS) is 11.7. The first-order chi connectivity index (χ1) is 15.2. The zero-order chi connectivity index (χ0) is 23.4. The van der Waals surface area contributed by atoms with Gasteiger partial charge in [-0.3, -0.25) is 14.2 Å². The van der Waals surface area contributed by atoms with E-state index in [1.807, 2.05) is 0 Å². The third kappa shape index (κ3) is 5.00. The number of rotatable bonds is 7. The number of aryl methyl sites for hydroxylation is 1. The van der Waals surface area contributed by atoms with Crippen LogP contribution in [-0.4, -0.2) is 27.8 Å². The summed E-state index contributed by atoms with van der Waals surface area (Å²) in [7, 11) is 0. The number of amides is 1. The van der Waals surface area contributed by atoms with Crippen LogP contribution in [0.2, 0.25) is 5.02 Å².